The predicted octanol–water partition coefficient (Wildman–Crippen LogP) is 3.93. The smallest absolute Gasteiger partial charge is 0.411 e. The van der Waals surface area contributed by atoms with Crippen molar-refractivity contribution < 1.29 is 23.5 Å². The summed E-state index contributed by atoms with van der Waals surface area (Å²) in [5.41, 5.74) is 0.990. The van der Waals surface area contributed by atoms with Gasteiger partial charge in [0.15, 0.2) is 11.5 Å². The Bertz CT molecular complexity index is 1100. The van der Waals surface area contributed by atoms with Gasteiger partial charge in [-0.1, -0.05) is 0 Å². The number of piperidine rings is 1. The van der Waals surface area contributed by atoms with Crippen molar-refractivity contribution in [3.05, 3.63) is 24.1 Å². The van der Waals surface area contributed by atoms with E-state index in [4.69, 9.17) is 18.9 Å². The number of benzene rings is 1. The van der Waals surface area contributed by atoms with Gasteiger partial charge >= 0.3 is 6.09 Å². The van der Waals surface area contributed by atoms with E-state index in [1.165, 1.54) is 0 Å². The number of carbonyl (C=O) groups is 2. The van der Waals surface area contributed by atoms with Crippen LogP contribution >= 0.6 is 11.8 Å². The molecule has 9 nitrogen and oxygen atoms in total. The lowest BCUT2D eigenvalue weighted by molar-refractivity contribution is -0.134. The molecule has 0 saturated carbocycles. The Labute approximate surface area is 216 Å². The molecule has 2 amide bonds. The van der Waals surface area contributed by atoms with Crippen LogP contribution < -0.4 is 4.74 Å². The topological polar surface area (TPSA) is 88.4 Å². The number of ether oxygens (including phenoxy) is 2. The molecule has 3 saturated heterocycles. The summed E-state index contributed by atoms with van der Waals surface area (Å²) < 4.78 is 17.0. The van der Waals surface area contributed by atoms with Gasteiger partial charge in [0.1, 0.15) is 22.9 Å². The van der Waals surface area contributed by atoms with Crippen LogP contribution in [0.5, 0.6) is 5.75 Å². The molecule has 3 fully saturated rings. The molecular weight excluding hydrogens is 480 g/mol. The van der Waals surface area contributed by atoms with E-state index in [0.717, 1.165) is 61.0 Å². The molecule has 0 spiro atoms. The Balaban J connectivity index is 1.25. The van der Waals surface area contributed by atoms with Gasteiger partial charge in [-0.05, 0) is 65.3 Å². The number of nitrogens with zero attached hydrogens (tertiary/aromatic N) is 4. The maximum atomic E-state index is 13.3. The van der Waals surface area contributed by atoms with Crippen molar-refractivity contribution in [1.82, 2.24) is 19.7 Å². The summed E-state index contributed by atoms with van der Waals surface area (Å²) in [5.74, 6) is 3.49. The molecule has 1 aromatic heterocycles. The number of methoxy groups -OCH3 is 1. The molecule has 10 heteroatoms. The second kappa shape index (κ2) is 10.1. The van der Waals surface area contributed by atoms with Crippen molar-refractivity contribution in [1.29, 1.82) is 0 Å². The van der Waals surface area contributed by atoms with Crippen LogP contribution in [-0.2, 0) is 9.53 Å². The first-order valence-corrected chi connectivity index (χ1v) is 13.9. The van der Waals surface area contributed by atoms with Crippen LogP contribution in [0.3, 0.4) is 0 Å². The second-order valence-electron chi connectivity index (χ2n) is 10.9. The van der Waals surface area contributed by atoms with Gasteiger partial charge in [0.2, 0.25) is 5.91 Å². The summed E-state index contributed by atoms with van der Waals surface area (Å²) in [7, 11) is 1.65. The third-order valence-electron chi connectivity index (χ3n) is 7.26. The molecule has 3 aliphatic rings. The lowest BCUT2D eigenvalue weighted by Crippen LogP contribution is -2.48. The number of amides is 2. The largest absolute Gasteiger partial charge is 0.497 e. The zero-order valence-electron chi connectivity index (χ0n) is 21.6. The molecule has 2 aromatic rings. The summed E-state index contributed by atoms with van der Waals surface area (Å²) in [4.78, 5) is 37.1. The van der Waals surface area contributed by atoms with E-state index in [1.54, 1.807) is 23.8 Å². The molecule has 0 unspecified atom stereocenters. The first-order chi connectivity index (χ1) is 17.2. The quantitative estimate of drug-likeness (QED) is 0.604. The SMILES string of the molecule is COc1ccc2oc(C3CCN([C@H]4C[C@@H](C(=O)N5CCSC5)N(C(=O)OC(C)(C)C)C4)CC3)nc2c1. The third kappa shape index (κ3) is 5.29. The zero-order valence-corrected chi connectivity index (χ0v) is 22.4. The minimum absolute atomic E-state index is 0.0464. The highest BCUT2D eigenvalue weighted by Crippen LogP contribution is 2.34. The number of likely N-dealkylation sites (tertiary alicyclic amines) is 2. The molecule has 5 rings (SSSR count). The van der Waals surface area contributed by atoms with E-state index >= 15 is 0 Å². The Morgan fingerprint density at radius 1 is 1.17 bits per heavy atom. The summed E-state index contributed by atoms with van der Waals surface area (Å²) in [5, 5.41) is 0. The van der Waals surface area contributed by atoms with Gasteiger partial charge in [0.25, 0.3) is 0 Å². The Kier molecular flexibility index (Phi) is 7.09. The minimum atomic E-state index is -0.603. The van der Waals surface area contributed by atoms with E-state index in [1.807, 2.05) is 43.9 Å². The molecule has 36 heavy (non-hydrogen) atoms. The maximum absolute atomic E-state index is 13.3. The van der Waals surface area contributed by atoms with E-state index < -0.39 is 17.7 Å². The van der Waals surface area contributed by atoms with Crippen LogP contribution in [0.25, 0.3) is 11.1 Å². The third-order valence-corrected chi connectivity index (χ3v) is 8.23. The Morgan fingerprint density at radius 3 is 2.61 bits per heavy atom. The number of thioether (sulfide) groups is 1. The minimum Gasteiger partial charge on any atom is -0.497 e. The number of hydrogen-bond acceptors (Lipinski definition) is 8. The first-order valence-electron chi connectivity index (χ1n) is 12.8. The normalized spacial score (nSPS) is 24.0. The van der Waals surface area contributed by atoms with Crippen LogP contribution in [0.4, 0.5) is 4.79 Å². The van der Waals surface area contributed by atoms with E-state index in [2.05, 4.69) is 4.90 Å². The van der Waals surface area contributed by atoms with Crippen LogP contribution in [0.15, 0.2) is 22.6 Å². The fourth-order valence-corrected chi connectivity index (χ4v) is 6.33. The molecule has 1 aromatic carbocycles. The first kappa shape index (κ1) is 25.2. The van der Waals surface area contributed by atoms with Crippen molar-refractivity contribution >= 4 is 34.9 Å². The second-order valence-corrected chi connectivity index (χ2v) is 11.9. The average molecular weight is 517 g/mol. The van der Waals surface area contributed by atoms with Crippen LogP contribution in [0, 0.1) is 0 Å². The van der Waals surface area contributed by atoms with Gasteiger partial charge in [-0.3, -0.25) is 14.6 Å². The fraction of sp³-hybridized carbons (Fsp3) is 0.654. The van der Waals surface area contributed by atoms with Crippen molar-refractivity contribution in [2.75, 3.05) is 44.9 Å². The summed E-state index contributed by atoms with van der Waals surface area (Å²) in [6, 6.07) is 5.36. The maximum Gasteiger partial charge on any atom is 0.411 e. The molecule has 0 bridgehead atoms. The van der Waals surface area contributed by atoms with Crippen molar-refractivity contribution in [3.63, 3.8) is 0 Å². The highest BCUT2D eigenvalue weighted by molar-refractivity contribution is 7.99. The van der Waals surface area contributed by atoms with Gasteiger partial charge in [-0.25, -0.2) is 9.78 Å². The molecule has 0 aliphatic carbocycles. The average Bonchev–Trinajstić information content (AvgIpc) is 3.61. The number of aromatic nitrogens is 1. The van der Waals surface area contributed by atoms with Gasteiger partial charge in [0, 0.05) is 36.9 Å². The standard InChI is InChI=1S/C26H36N4O5S/c1-26(2,3)35-25(32)30-15-18(13-21(30)24(31)29-11-12-36-16-29)28-9-7-17(8-10-28)23-27-20-14-19(33-4)5-6-22(20)34-23/h5-6,14,17-18,21H,7-13,15-16H2,1-4H3/t18-,21-/m0/s1. The summed E-state index contributed by atoms with van der Waals surface area (Å²) >= 11 is 1.76. The Hall–Kier alpha value is -2.46. The van der Waals surface area contributed by atoms with Crippen LogP contribution in [-0.4, -0.2) is 94.3 Å². The number of hydrogen-bond donors (Lipinski definition) is 0. The number of fused-ring (bicyclic) bond motifs is 1. The number of rotatable bonds is 4. The van der Waals surface area contributed by atoms with Crippen LogP contribution in [0.1, 0.15) is 51.8 Å². The van der Waals surface area contributed by atoms with Crippen LogP contribution in [0.2, 0.25) is 0 Å². The molecule has 2 atom stereocenters. The van der Waals surface area contributed by atoms with Crippen molar-refractivity contribution in [3.8, 4) is 5.75 Å². The molecule has 196 valence electrons. The Morgan fingerprint density at radius 2 is 1.94 bits per heavy atom. The molecular formula is C26H36N4O5S. The van der Waals surface area contributed by atoms with Gasteiger partial charge < -0.3 is 18.8 Å². The highest BCUT2D eigenvalue weighted by atomic mass is 32.2. The van der Waals surface area contributed by atoms with E-state index in [0.29, 0.717) is 18.8 Å². The van der Waals surface area contributed by atoms with Crippen molar-refractivity contribution in [2.45, 2.75) is 63.6 Å². The van der Waals surface area contributed by atoms with E-state index in [9.17, 15) is 9.59 Å². The lowest BCUT2D eigenvalue weighted by atomic mass is 9.95. The van der Waals surface area contributed by atoms with Crippen molar-refractivity contribution in [2.24, 2.45) is 0 Å². The molecule has 0 radical (unpaired) electrons. The van der Waals surface area contributed by atoms with Gasteiger partial charge in [0.05, 0.1) is 13.0 Å². The summed E-state index contributed by atoms with van der Waals surface area (Å²) in [6.45, 7) is 8.59. The molecule has 0 N–H and O–H groups in total. The predicted molar refractivity (Wildman–Crippen MR) is 138 cm³/mol. The molecule has 4 heterocycles. The summed E-state index contributed by atoms with van der Waals surface area (Å²) in [6.07, 6.45) is 2.10. The monoisotopic (exact) mass is 516 g/mol. The number of oxazole rings is 1. The van der Waals surface area contributed by atoms with Gasteiger partial charge in [-0.15, -0.1) is 11.8 Å². The lowest BCUT2D eigenvalue weighted by Gasteiger charge is -2.35. The number of carbonyl (C=O) groups excluding carboxylic acids is 2. The van der Waals surface area contributed by atoms with Gasteiger partial charge in [-0.2, -0.15) is 0 Å². The zero-order chi connectivity index (χ0) is 25.4. The highest BCUT2D eigenvalue weighted by Gasteiger charge is 2.45. The fourth-order valence-electron chi connectivity index (χ4n) is 5.37. The van der Waals surface area contributed by atoms with E-state index in [-0.39, 0.29) is 17.9 Å². The molecule has 3 aliphatic heterocycles.